The van der Waals surface area contributed by atoms with Crippen LogP contribution in [0.1, 0.15) is 24.8 Å². The number of amides is 2. The van der Waals surface area contributed by atoms with Crippen molar-refractivity contribution in [1.82, 2.24) is 10.2 Å². The van der Waals surface area contributed by atoms with Crippen LogP contribution in [0.5, 0.6) is 5.75 Å². The molecule has 1 fully saturated rings. The minimum atomic E-state index is -0.0378. The SMILES string of the molecule is CN(C(=O)CCCCOc1cccc2c1CN1CC(=O)NC1=N2)c1ccccc1. The van der Waals surface area contributed by atoms with Crippen molar-refractivity contribution < 1.29 is 14.3 Å². The van der Waals surface area contributed by atoms with E-state index in [1.807, 2.05) is 53.4 Å². The van der Waals surface area contributed by atoms with E-state index in [0.29, 0.717) is 32.1 Å². The topological polar surface area (TPSA) is 74.2 Å². The molecule has 0 aromatic heterocycles. The molecule has 0 aliphatic carbocycles. The van der Waals surface area contributed by atoms with Gasteiger partial charge in [0.05, 0.1) is 18.8 Å². The zero-order chi connectivity index (χ0) is 20.2. The fourth-order valence-corrected chi connectivity index (χ4v) is 3.50. The number of para-hydroxylation sites is 1. The van der Waals surface area contributed by atoms with Crippen molar-refractivity contribution >= 4 is 29.1 Å². The Morgan fingerprint density at radius 2 is 1.97 bits per heavy atom. The van der Waals surface area contributed by atoms with E-state index in [0.717, 1.165) is 35.5 Å². The molecule has 0 saturated carbocycles. The number of hydrogen-bond donors (Lipinski definition) is 1. The molecule has 0 unspecified atom stereocenters. The molecule has 0 radical (unpaired) electrons. The Hall–Kier alpha value is -3.35. The van der Waals surface area contributed by atoms with Gasteiger partial charge in [0, 0.05) is 24.7 Å². The van der Waals surface area contributed by atoms with E-state index in [2.05, 4.69) is 10.3 Å². The van der Waals surface area contributed by atoms with E-state index in [4.69, 9.17) is 4.74 Å². The van der Waals surface area contributed by atoms with Crippen molar-refractivity contribution in [3.63, 3.8) is 0 Å². The minimum Gasteiger partial charge on any atom is -0.493 e. The second kappa shape index (κ2) is 8.34. The summed E-state index contributed by atoms with van der Waals surface area (Å²) < 4.78 is 5.98. The van der Waals surface area contributed by atoms with Crippen molar-refractivity contribution in [2.24, 2.45) is 4.99 Å². The van der Waals surface area contributed by atoms with Gasteiger partial charge in [-0.3, -0.25) is 14.9 Å². The van der Waals surface area contributed by atoms with Gasteiger partial charge >= 0.3 is 0 Å². The number of benzene rings is 2. The van der Waals surface area contributed by atoms with Gasteiger partial charge < -0.3 is 14.5 Å². The van der Waals surface area contributed by atoms with Crippen LogP contribution in [0.2, 0.25) is 0 Å². The second-order valence-corrected chi connectivity index (χ2v) is 7.19. The van der Waals surface area contributed by atoms with Gasteiger partial charge in [0.2, 0.25) is 17.8 Å². The number of carbonyl (C=O) groups excluding carboxylic acids is 2. The van der Waals surface area contributed by atoms with Crippen LogP contribution in [0.3, 0.4) is 0 Å². The number of carbonyl (C=O) groups is 2. The number of unbranched alkanes of at least 4 members (excludes halogenated alkanes) is 1. The first kappa shape index (κ1) is 19.0. The summed E-state index contributed by atoms with van der Waals surface area (Å²) in [7, 11) is 1.80. The number of hydrogen-bond acceptors (Lipinski definition) is 5. The highest BCUT2D eigenvalue weighted by molar-refractivity contribution is 6.05. The zero-order valence-corrected chi connectivity index (χ0v) is 16.4. The zero-order valence-electron chi connectivity index (χ0n) is 16.4. The van der Waals surface area contributed by atoms with Crippen LogP contribution in [0.4, 0.5) is 11.4 Å². The summed E-state index contributed by atoms with van der Waals surface area (Å²) in [6.07, 6.45) is 2.03. The van der Waals surface area contributed by atoms with Gasteiger partial charge in [0.25, 0.3) is 0 Å². The van der Waals surface area contributed by atoms with Crippen molar-refractivity contribution in [1.29, 1.82) is 0 Å². The Labute approximate surface area is 170 Å². The smallest absolute Gasteiger partial charge is 0.246 e. The van der Waals surface area contributed by atoms with E-state index >= 15 is 0 Å². The Kier molecular flexibility index (Phi) is 5.46. The van der Waals surface area contributed by atoms with Gasteiger partial charge in [-0.25, -0.2) is 4.99 Å². The molecule has 2 aromatic carbocycles. The van der Waals surface area contributed by atoms with E-state index in [1.54, 1.807) is 11.9 Å². The van der Waals surface area contributed by atoms with Crippen LogP contribution >= 0.6 is 0 Å². The maximum Gasteiger partial charge on any atom is 0.246 e. The predicted octanol–water partition coefficient (Wildman–Crippen LogP) is 2.83. The Morgan fingerprint density at radius 3 is 2.79 bits per heavy atom. The van der Waals surface area contributed by atoms with E-state index < -0.39 is 0 Å². The van der Waals surface area contributed by atoms with Gasteiger partial charge in [-0.15, -0.1) is 0 Å². The van der Waals surface area contributed by atoms with Crippen LogP contribution in [0.15, 0.2) is 53.5 Å². The monoisotopic (exact) mass is 392 g/mol. The molecule has 2 amide bonds. The number of ether oxygens (including phenoxy) is 1. The second-order valence-electron chi connectivity index (χ2n) is 7.19. The van der Waals surface area contributed by atoms with Crippen LogP contribution < -0.4 is 15.0 Å². The Balaban J connectivity index is 1.27. The Morgan fingerprint density at radius 1 is 1.14 bits per heavy atom. The molecule has 7 nitrogen and oxygen atoms in total. The highest BCUT2D eigenvalue weighted by atomic mass is 16.5. The van der Waals surface area contributed by atoms with Crippen molar-refractivity contribution in [2.45, 2.75) is 25.8 Å². The molecular formula is C22H24N4O3. The van der Waals surface area contributed by atoms with Crippen molar-refractivity contribution in [2.75, 3.05) is 25.1 Å². The number of anilines is 1. The Bertz CT molecular complexity index is 942. The normalized spacial score (nSPS) is 14.6. The third kappa shape index (κ3) is 4.23. The van der Waals surface area contributed by atoms with E-state index in [1.165, 1.54) is 0 Å². The van der Waals surface area contributed by atoms with Crippen molar-refractivity contribution in [3.05, 3.63) is 54.1 Å². The lowest BCUT2D eigenvalue weighted by molar-refractivity contribution is -0.119. The number of nitrogens with one attached hydrogen (secondary N) is 1. The highest BCUT2D eigenvalue weighted by Gasteiger charge is 2.30. The quantitative estimate of drug-likeness (QED) is 0.736. The number of guanidine groups is 1. The third-order valence-corrected chi connectivity index (χ3v) is 5.13. The van der Waals surface area contributed by atoms with Gasteiger partial charge in [0.15, 0.2) is 0 Å². The average Bonchev–Trinajstić information content (AvgIpc) is 3.10. The van der Waals surface area contributed by atoms with Gasteiger partial charge in [-0.1, -0.05) is 24.3 Å². The molecule has 0 atom stereocenters. The van der Waals surface area contributed by atoms with Gasteiger partial charge in [-0.2, -0.15) is 0 Å². The molecular weight excluding hydrogens is 368 g/mol. The molecule has 1 N–H and O–H groups in total. The summed E-state index contributed by atoms with van der Waals surface area (Å²) in [5.74, 6) is 1.46. The lowest BCUT2D eigenvalue weighted by Gasteiger charge is -2.24. The maximum absolute atomic E-state index is 12.3. The van der Waals surface area contributed by atoms with Crippen LogP contribution in [-0.4, -0.2) is 42.9 Å². The summed E-state index contributed by atoms with van der Waals surface area (Å²) in [5.41, 5.74) is 2.72. The summed E-state index contributed by atoms with van der Waals surface area (Å²) in [6, 6.07) is 15.4. The summed E-state index contributed by atoms with van der Waals surface area (Å²) in [5, 5.41) is 2.77. The molecule has 0 bridgehead atoms. The molecule has 2 aliphatic heterocycles. The first-order chi connectivity index (χ1) is 14.1. The van der Waals surface area contributed by atoms with E-state index in [9.17, 15) is 9.59 Å². The maximum atomic E-state index is 12.3. The largest absolute Gasteiger partial charge is 0.493 e. The molecule has 7 heteroatoms. The summed E-state index contributed by atoms with van der Waals surface area (Å²) in [4.78, 5) is 32.0. The number of aliphatic imine (C=N–C) groups is 1. The minimum absolute atomic E-state index is 0.0378. The lowest BCUT2D eigenvalue weighted by Crippen LogP contribution is -2.32. The van der Waals surface area contributed by atoms with Crippen LogP contribution in [-0.2, 0) is 16.1 Å². The predicted molar refractivity (Wildman–Crippen MR) is 111 cm³/mol. The third-order valence-electron chi connectivity index (χ3n) is 5.13. The van der Waals surface area contributed by atoms with E-state index in [-0.39, 0.29) is 11.8 Å². The average molecular weight is 392 g/mol. The molecule has 0 spiro atoms. The fourth-order valence-electron chi connectivity index (χ4n) is 3.50. The molecule has 29 heavy (non-hydrogen) atoms. The fraction of sp³-hybridized carbons (Fsp3) is 0.318. The molecule has 2 heterocycles. The van der Waals surface area contributed by atoms with Gasteiger partial charge in [-0.05, 0) is 37.1 Å². The van der Waals surface area contributed by atoms with Gasteiger partial charge in [0.1, 0.15) is 12.3 Å². The van der Waals surface area contributed by atoms with Crippen LogP contribution in [0.25, 0.3) is 0 Å². The summed E-state index contributed by atoms with van der Waals surface area (Å²) in [6.45, 7) is 1.46. The molecule has 2 aromatic rings. The molecule has 1 saturated heterocycles. The first-order valence-electron chi connectivity index (χ1n) is 9.81. The molecule has 4 rings (SSSR count). The molecule has 150 valence electrons. The molecule has 2 aliphatic rings. The lowest BCUT2D eigenvalue weighted by atomic mass is 10.1. The van der Waals surface area contributed by atoms with Crippen LogP contribution in [0, 0.1) is 0 Å². The number of rotatable bonds is 7. The first-order valence-corrected chi connectivity index (χ1v) is 9.81. The highest BCUT2D eigenvalue weighted by Crippen LogP contribution is 2.34. The standard InChI is InChI=1S/C22H24N4O3/c1-25(16-8-3-2-4-9-16)21(28)12-5-6-13-29-19-11-7-10-18-17(19)14-26-15-20(27)24-22(26)23-18/h2-4,7-11H,5-6,12-15H2,1H3,(H,23,24,27). The summed E-state index contributed by atoms with van der Waals surface area (Å²) >= 11 is 0. The number of fused-ring (bicyclic) bond motifs is 2. The van der Waals surface area contributed by atoms with Crippen molar-refractivity contribution in [3.8, 4) is 5.75 Å². The number of nitrogens with zero attached hydrogens (tertiary/aromatic N) is 3.